The van der Waals surface area contributed by atoms with Gasteiger partial charge in [-0.25, -0.2) is 0 Å². The quantitative estimate of drug-likeness (QED) is 0.532. The number of ether oxygens (including phenoxy) is 4. The Labute approximate surface area is 200 Å². The fourth-order valence-electron chi connectivity index (χ4n) is 4.26. The summed E-state index contributed by atoms with van der Waals surface area (Å²) in [7, 11) is 1.53. The summed E-state index contributed by atoms with van der Waals surface area (Å²) in [5.41, 5.74) is 4.47. The monoisotopic (exact) mass is 465 g/mol. The van der Waals surface area contributed by atoms with Gasteiger partial charge in [-0.3, -0.25) is 9.59 Å². The second kappa shape index (κ2) is 11.7. The van der Waals surface area contributed by atoms with E-state index in [4.69, 9.17) is 18.9 Å². The summed E-state index contributed by atoms with van der Waals surface area (Å²) in [4.78, 5) is 22.9. The van der Waals surface area contributed by atoms with Gasteiger partial charge in [-0.05, 0) is 41.2 Å². The van der Waals surface area contributed by atoms with E-state index in [1.807, 2.05) is 6.07 Å². The van der Waals surface area contributed by atoms with Crippen LogP contribution in [0.3, 0.4) is 0 Å². The highest BCUT2D eigenvalue weighted by molar-refractivity contribution is 5.66. The fraction of sp³-hybridized carbons (Fsp3) is 0.444. The van der Waals surface area contributed by atoms with Crippen LogP contribution in [0.1, 0.15) is 67.5 Å². The molecule has 0 radical (unpaired) electrons. The first kappa shape index (κ1) is 25.3. The first-order valence-electron chi connectivity index (χ1n) is 11.5. The molecular formula is C27H31NO6. The third-order valence-electron chi connectivity index (χ3n) is 5.90. The van der Waals surface area contributed by atoms with Gasteiger partial charge in [-0.15, -0.1) is 0 Å². The van der Waals surface area contributed by atoms with Crippen molar-refractivity contribution in [2.75, 3.05) is 13.7 Å². The first-order valence-corrected chi connectivity index (χ1v) is 11.5. The molecule has 3 unspecified atom stereocenters. The van der Waals surface area contributed by atoms with Crippen molar-refractivity contribution in [1.82, 2.24) is 0 Å². The maximum atomic E-state index is 11.6. The lowest BCUT2D eigenvalue weighted by Gasteiger charge is -2.35. The molecule has 34 heavy (non-hydrogen) atoms. The van der Waals surface area contributed by atoms with E-state index in [1.54, 1.807) is 6.07 Å². The lowest BCUT2D eigenvalue weighted by atomic mass is 9.91. The van der Waals surface area contributed by atoms with E-state index >= 15 is 0 Å². The van der Waals surface area contributed by atoms with E-state index in [0.717, 1.165) is 23.1 Å². The Morgan fingerprint density at radius 1 is 1.09 bits per heavy atom. The summed E-state index contributed by atoms with van der Waals surface area (Å²) in [6.45, 7) is 4.90. The van der Waals surface area contributed by atoms with Crippen LogP contribution in [0.15, 0.2) is 36.4 Å². The van der Waals surface area contributed by atoms with Crippen LogP contribution in [-0.4, -0.2) is 37.9 Å². The topological polar surface area (TPSA) is 94.8 Å². The highest BCUT2D eigenvalue weighted by Gasteiger charge is 2.33. The smallest absolute Gasteiger partial charge is 0.302 e. The highest BCUT2D eigenvalue weighted by atomic mass is 16.6. The van der Waals surface area contributed by atoms with Gasteiger partial charge in [0.15, 0.2) is 0 Å². The van der Waals surface area contributed by atoms with Crippen LogP contribution < -0.4 is 4.74 Å². The SMILES string of the molecule is CCc1ccc(Cc2cc(C3CC(OC(C)=O)CC(COC(C)=O)O3)cc(OC)c2C#N)cc1. The summed E-state index contributed by atoms with van der Waals surface area (Å²) in [5, 5.41) is 9.83. The number of hydrogen-bond donors (Lipinski definition) is 0. The molecule has 3 rings (SSSR count). The van der Waals surface area contributed by atoms with Gasteiger partial charge in [0.1, 0.15) is 24.5 Å². The molecule has 7 heteroatoms. The molecular weight excluding hydrogens is 434 g/mol. The van der Waals surface area contributed by atoms with Crippen molar-refractivity contribution in [1.29, 1.82) is 5.26 Å². The molecule has 0 aromatic heterocycles. The number of rotatable bonds is 8. The van der Waals surface area contributed by atoms with Crippen LogP contribution in [0.5, 0.6) is 5.75 Å². The van der Waals surface area contributed by atoms with Gasteiger partial charge in [0, 0.05) is 26.7 Å². The molecule has 1 fully saturated rings. The van der Waals surface area contributed by atoms with Crippen molar-refractivity contribution < 1.29 is 28.5 Å². The van der Waals surface area contributed by atoms with Crippen molar-refractivity contribution in [3.05, 3.63) is 64.2 Å². The maximum Gasteiger partial charge on any atom is 0.302 e. The number of carbonyl (C=O) groups is 2. The summed E-state index contributed by atoms with van der Waals surface area (Å²) in [6, 6.07) is 14.4. The minimum absolute atomic E-state index is 0.0770. The first-order chi connectivity index (χ1) is 16.3. The predicted octanol–water partition coefficient (Wildman–Crippen LogP) is 4.43. The van der Waals surface area contributed by atoms with E-state index in [0.29, 0.717) is 30.6 Å². The van der Waals surface area contributed by atoms with Crippen LogP contribution in [0.25, 0.3) is 0 Å². The molecule has 1 aliphatic heterocycles. The molecule has 7 nitrogen and oxygen atoms in total. The van der Waals surface area contributed by atoms with Crippen molar-refractivity contribution in [3.8, 4) is 11.8 Å². The minimum Gasteiger partial charge on any atom is -0.495 e. The van der Waals surface area contributed by atoms with Gasteiger partial charge in [0.2, 0.25) is 0 Å². The van der Waals surface area contributed by atoms with Crippen molar-refractivity contribution >= 4 is 11.9 Å². The van der Waals surface area contributed by atoms with Gasteiger partial charge < -0.3 is 18.9 Å². The molecule has 0 N–H and O–H groups in total. The van der Waals surface area contributed by atoms with Crippen molar-refractivity contribution in [2.45, 2.75) is 64.8 Å². The van der Waals surface area contributed by atoms with Gasteiger partial charge in [0.05, 0.1) is 24.9 Å². The Balaban J connectivity index is 1.93. The number of benzene rings is 2. The minimum atomic E-state index is -0.418. The summed E-state index contributed by atoms with van der Waals surface area (Å²) >= 11 is 0. The number of esters is 2. The Morgan fingerprint density at radius 2 is 1.79 bits per heavy atom. The molecule has 2 aromatic carbocycles. The molecule has 2 aromatic rings. The third kappa shape index (κ3) is 6.58. The normalized spacial score (nSPS) is 19.7. The number of aryl methyl sites for hydroxylation is 1. The molecule has 0 saturated carbocycles. The Hall–Kier alpha value is -3.37. The van der Waals surface area contributed by atoms with Crippen LogP contribution in [-0.2, 0) is 36.6 Å². The van der Waals surface area contributed by atoms with Gasteiger partial charge in [0.25, 0.3) is 0 Å². The largest absolute Gasteiger partial charge is 0.495 e. The Morgan fingerprint density at radius 3 is 2.38 bits per heavy atom. The molecule has 1 saturated heterocycles. The molecule has 180 valence electrons. The van der Waals surface area contributed by atoms with Gasteiger partial charge in [-0.1, -0.05) is 37.3 Å². The fourth-order valence-corrected chi connectivity index (χ4v) is 4.26. The summed E-state index contributed by atoms with van der Waals surface area (Å²) < 4.78 is 22.4. The third-order valence-corrected chi connectivity index (χ3v) is 5.90. The molecule has 1 aliphatic rings. The molecule has 0 bridgehead atoms. The maximum absolute atomic E-state index is 11.6. The molecule has 0 spiro atoms. The number of nitrogens with zero attached hydrogens (tertiary/aromatic N) is 1. The predicted molar refractivity (Wildman–Crippen MR) is 125 cm³/mol. The molecule has 1 heterocycles. The van der Waals surface area contributed by atoms with Crippen LogP contribution in [0.4, 0.5) is 0 Å². The average molecular weight is 466 g/mol. The van der Waals surface area contributed by atoms with Crippen molar-refractivity contribution in [3.63, 3.8) is 0 Å². The number of hydrogen-bond acceptors (Lipinski definition) is 7. The van der Waals surface area contributed by atoms with E-state index in [2.05, 4.69) is 37.3 Å². The van der Waals surface area contributed by atoms with Gasteiger partial charge in [-0.2, -0.15) is 5.26 Å². The second-order valence-electron chi connectivity index (χ2n) is 8.47. The van der Waals surface area contributed by atoms with E-state index < -0.39 is 18.2 Å². The van der Waals surface area contributed by atoms with Crippen molar-refractivity contribution in [2.24, 2.45) is 0 Å². The van der Waals surface area contributed by atoms with Gasteiger partial charge >= 0.3 is 11.9 Å². The lowest BCUT2D eigenvalue weighted by Crippen LogP contribution is -2.36. The standard InChI is InChI=1S/C27H31NO6/c1-5-19-6-8-20(9-7-19)10-21-11-22(12-27(31-4)25(21)15-28)26-14-23(33-18(3)30)13-24(34-26)16-32-17(2)29/h6-9,11-12,23-24,26H,5,10,13-14,16H2,1-4H3. The van der Waals surface area contributed by atoms with E-state index in [-0.39, 0.29) is 18.7 Å². The molecule has 0 aliphatic carbocycles. The lowest BCUT2D eigenvalue weighted by molar-refractivity contribution is -0.169. The summed E-state index contributed by atoms with van der Waals surface area (Å²) in [5.74, 6) is -0.299. The number of carbonyl (C=O) groups excluding carboxylic acids is 2. The zero-order valence-electron chi connectivity index (χ0n) is 20.1. The van der Waals surface area contributed by atoms with E-state index in [1.165, 1.54) is 26.5 Å². The zero-order chi connectivity index (χ0) is 24.7. The zero-order valence-corrected chi connectivity index (χ0v) is 20.1. The number of methoxy groups -OCH3 is 1. The summed E-state index contributed by atoms with van der Waals surface area (Å²) in [6.07, 6.45) is 1.21. The highest BCUT2D eigenvalue weighted by Crippen LogP contribution is 2.37. The Kier molecular flexibility index (Phi) is 8.67. The Bertz CT molecular complexity index is 1060. The second-order valence-corrected chi connectivity index (χ2v) is 8.47. The van der Waals surface area contributed by atoms with Crippen LogP contribution in [0.2, 0.25) is 0 Å². The van der Waals surface area contributed by atoms with Crippen LogP contribution >= 0.6 is 0 Å². The number of nitriles is 1. The van der Waals surface area contributed by atoms with E-state index in [9.17, 15) is 14.9 Å². The molecule has 3 atom stereocenters. The van der Waals surface area contributed by atoms with Crippen LogP contribution in [0, 0.1) is 11.3 Å². The average Bonchev–Trinajstić information content (AvgIpc) is 2.82. The molecule has 0 amide bonds.